The summed E-state index contributed by atoms with van der Waals surface area (Å²) >= 11 is 0. The molecule has 0 fully saturated rings. The molecule has 8 heteroatoms. The molecule has 0 bridgehead atoms. The zero-order chi connectivity index (χ0) is 21.4. The minimum absolute atomic E-state index is 0.00437. The fraction of sp³-hybridized carbons (Fsp3) is 0.286. The molecule has 0 saturated heterocycles. The van der Waals surface area contributed by atoms with E-state index in [1.807, 2.05) is 19.9 Å². The van der Waals surface area contributed by atoms with Crippen molar-refractivity contribution in [3.05, 3.63) is 71.6 Å². The number of primary sulfonamides is 1. The second kappa shape index (κ2) is 7.42. The average molecular weight is 422 g/mol. The standard InChI is InChI=1S/C21H21F3N2O2S/c1-3-20(4-2)11-17(14-5-8-16(9-6-14)29(25,27)28)18(12-20)19-10-7-15(13-26-19)21(22,23)24/h5-13H,3-4H2,1-2H3,(H2,25,27,28). The van der Waals surface area contributed by atoms with E-state index >= 15 is 0 Å². The predicted octanol–water partition coefficient (Wildman–Crippen LogP) is 5.03. The lowest BCUT2D eigenvalue weighted by atomic mass is 9.84. The van der Waals surface area contributed by atoms with E-state index in [0.29, 0.717) is 5.69 Å². The first-order valence-electron chi connectivity index (χ1n) is 9.12. The number of nitrogens with zero attached hydrogens (tertiary/aromatic N) is 1. The number of pyridine rings is 1. The molecule has 1 aromatic heterocycles. The molecule has 0 saturated carbocycles. The van der Waals surface area contributed by atoms with Gasteiger partial charge in [0.1, 0.15) is 0 Å². The second-order valence-electron chi connectivity index (χ2n) is 7.06. The largest absolute Gasteiger partial charge is 0.417 e. The molecule has 29 heavy (non-hydrogen) atoms. The fourth-order valence-corrected chi connectivity index (χ4v) is 3.94. The second-order valence-corrected chi connectivity index (χ2v) is 8.62. The maximum Gasteiger partial charge on any atom is 0.417 e. The van der Waals surface area contributed by atoms with E-state index in [1.165, 1.54) is 18.2 Å². The highest BCUT2D eigenvalue weighted by Crippen LogP contribution is 2.47. The number of hydrogen-bond donors (Lipinski definition) is 1. The molecule has 1 heterocycles. The SMILES string of the molecule is CCC1(CC)C=C(c2ccc(S(N)(=O)=O)cc2)C(c2ccc(C(F)(F)F)cn2)=C1. The molecule has 0 spiro atoms. The summed E-state index contributed by atoms with van der Waals surface area (Å²) < 4.78 is 61.7. The Labute approximate surface area is 168 Å². The van der Waals surface area contributed by atoms with E-state index in [-0.39, 0.29) is 10.3 Å². The Bertz CT molecular complexity index is 1060. The Kier molecular flexibility index (Phi) is 5.44. The first-order valence-corrected chi connectivity index (χ1v) is 10.7. The van der Waals surface area contributed by atoms with Gasteiger partial charge in [-0.05, 0) is 48.2 Å². The lowest BCUT2D eigenvalue weighted by Crippen LogP contribution is -2.11. The molecular weight excluding hydrogens is 401 g/mol. The molecule has 0 atom stereocenters. The molecule has 0 radical (unpaired) electrons. The maximum atomic E-state index is 12.9. The van der Waals surface area contributed by atoms with Gasteiger partial charge in [-0.3, -0.25) is 4.98 Å². The molecule has 0 aliphatic heterocycles. The zero-order valence-corrected chi connectivity index (χ0v) is 16.8. The Hall–Kier alpha value is -2.45. The minimum atomic E-state index is -4.45. The van der Waals surface area contributed by atoms with Gasteiger partial charge in [-0.2, -0.15) is 13.2 Å². The Morgan fingerprint density at radius 1 is 0.966 bits per heavy atom. The number of sulfonamides is 1. The van der Waals surface area contributed by atoms with Crippen LogP contribution in [-0.4, -0.2) is 13.4 Å². The van der Waals surface area contributed by atoms with Crippen LogP contribution in [0.4, 0.5) is 13.2 Å². The third kappa shape index (κ3) is 4.28. The van der Waals surface area contributed by atoms with Crippen LogP contribution in [0.3, 0.4) is 0 Å². The van der Waals surface area contributed by atoms with E-state index < -0.39 is 21.8 Å². The number of aromatic nitrogens is 1. The first-order chi connectivity index (χ1) is 13.5. The van der Waals surface area contributed by atoms with Crippen molar-refractivity contribution in [1.29, 1.82) is 0 Å². The van der Waals surface area contributed by atoms with E-state index in [2.05, 4.69) is 11.1 Å². The van der Waals surface area contributed by atoms with Crippen LogP contribution in [0.15, 0.2) is 59.6 Å². The molecule has 0 amide bonds. The summed E-state index contributed by atoms with van der Waals surface area (Å²) in [6, 6.07) is 8.50. The number of alkyl halides is 3. The highest BCUT2D eigenvalue weighted by atomic mass is 32.2. The summed E-state index contributed by atoms with van der Waals surface area (Å²) in [5.74, 6) is 0. The van der Waals surface area contributed by atoms with Crippen molar-refractivity contribution in [3.63, 3.8) is 0 Å². The highest BCUT2D eigenvalue weighted by Gasteiger charge is 2.33. The lowest BCUT2D eigenvalue weighted by Gasteiger charge is -2.20. The average Bonchev–Trinajstić information content (AvgIpc) is 3.07. The Morgan fingerprint density at radius 3 is 2.00 bits per heavy atom. The van der Waals surface area contributed by atoms with Crippen LogP contribution < -0.4 is 5.14 Å². The summed E-state index contributed by atoms with van der Waals surface area (Å²) in [6.45, 7) is 4.09. The molecule has 4 nitrogen and oxygen atoms in total. The fourth-order valence-electron chi connectivity index (χ4n) is 3.43. The number of nitrogens with two attached hydrogens (primary N) is 1. The maximum absolute atomic E-state index is 12.9. The molecule has 2 aromatic rings. The molecule has 0 unspecified atom stereocenters. The number of allylic oxidation sites excluding steroid dienone is 4. The first kappa shape index (κ1) is 21.3. The summed E-state index contributed by atoms with van der Waals surface area (Å²) in [4.78, 5) is 4.04. The van der Waals surface area contributed by atoms with E-state index in [1.54, 1.807) is 12.1 Å². The summed E-state index contributed by atoms with van der Waals surface area (Å²) in [5, 5.41) is 5.16. The number of halogens is 3. The molecule has 1 aliphatic rings. The van der Waals surface area contributed by atoms with E-state index in [9.17, 15) is 21.6 Å². The van der Waals surface area contributed by atoms with Crippen molar-refractivity contribution >= 4 is 21.2 Å². The van der Waals surface area contributed by atoms with E-state index in [0.717, 1.165) is 41.8 Å². The molecule has 1 aromatic carbocycles. The number of rotatable bonds is 5. The van der Waals surface area contributed by atoms with Gasteiger partial charge in [0.15, 0.2) is 0 Å². The minimum Gasteiger partial charge on any atom is -0.256 e. The van der Waals surface area contributed by atoms with Gasteiger partial charge in [0.25, 0.3) is 0 Å². The normalized spacial score (nSPS) is 16.5. The molecule has 3 rings (SSSR count). The zero-order valence-electron chi connectivity index (χ0n) is 16.0. The Balaban J connectivity index is 2.08. The number of hydrogen-bond acceptors (Lipinski definition) is 3. The van der Waals surface area contributed by atoms with E-state index in [4.69, 9.17) is 5.14 Å². The quantitative estimate of drug-likeness (QED) is 0.734. The van der Waals surface area contributed by atoms with Crippen molar-refractivity contribution in [3.8, 4) is 0 Å². The van der Waals surface area contributed by atoms with Crippen molar-refractivity contribution in [2.75, 3.05) is 0 Å². The van der Waals surface area contributed by atoms with Gasteiger partial charge in [0.2, 0.25) is 10.0 Å². The molecular formula is C21H21F3N2O2S. The van der Waals surface area contributed by atoms with Gasteiger partial charge >= 0.3 is 6.18 Å². The number of benzene rings is 1. The van der Waals surface area contributed by atoms with Crippen LogP contribution in [0.25, 0.3) is 11.1 Å². The van der Waals surface area contributed by atoms with Gasteiger partial charge in [0, 0.05) is 17.2 Å². The van der Waals surface area contributed by atoms with Crippen LogP contribution in [0, 0.1) is 5.41 Å². The van der Waals surface area contributed by atoms with Crippen LogP contribution >= 0.6 is 0 Å². The lowest BCUT2D eigenvalue weighted by molar-refractivity contribution is -0.137. The molecule has 2 N–H and O–H groups in total. The van der Waals surface area contributed by atoms with Gasteiger partial charge in [-0.1, -0.05) is 38.1 Å². The Morgan fingerprint density at radius 2 is 1.55 bits per heavy atom. The topological polar surface area (TPSA) is 73.1 Å². The summed E-state index contributed by atoms with van der Waals surface area (Å²) in [7, 11) is -3.81. The van der Waals surface area contributed by atoms with Crippen molar-refractivity contribution < 1.29 is 21.6 Å². The van der Waals surface area contributed by atoms with Crippen LogP contribution in [-0.2, 0) is 16.2 Å². The highest BCUT2D eigenvalue weighted by molar-refractivity contribution is 7.89. The monoisotopic (exact) mass is 422 g/mol. The van der Waals surface area contributed by atoms with Gasteiger partial charge < -0.3 is 0 Å². The predicted molar refractivity (Wildman–Crippen MR) is 106 cm³/mol. The van der Waals surface area contributed by atoms with Crippen molar-refractivity contribution in [1.82, 2.24) is 4.98 Å². The summed E-state index contributed by atoms with van der Waals surface area (Å²) in [6.07, 6.45) is 2.11. The van der Waals surface area contributed by atoms with Gasteiger partial charge in [0.05, 0.1) is 16.2 Å². The van der Waals surface area contributed by atoms with Crippen molar-refractivity contribution in [2.45, 2.75) is 37.8 Å². The van der Waals surface area contributed by atoms with Crippen LogP contribution in [0.2, 0.25) is 0 Å². The van der Waals surface area contributed by atoms with Crippen LogP contribution in [0.1, 0.15) is 43.5 Å². The van der Waals surface area contributed by atoms with Gasteiger partial charge in [-0.25, -0.2) is 13.6 Å². The summed E-state index contributed by atoms with van der Waals surface area (Å²) in [5.41, 5.74) is 1.67. The van der Waals surface area contributed by atoms with Crippen molar-refractivity contribution in [2.24, 2.45) is 10.6 Å². The van der Waals surface area contributed by atoms with Gasteiger partial charge in [-0.15, -0.1) is 0 Å². The third-order valence-corrected chi connectivity index (χ3v) is 6.26. The third-order valence-electron chi connectivity index (χ3n) is 5.33. The molecule has 1 aliphatic carbocycles. The van der Waals surface area contributed by atoms with Crippen LogP contribution in [0.5, 0.6) is 0 Å². The smallest absolute Gasteiger partial charge is 0.256 e. The molecule has 154 valence electrons.